The molecule has 0 saturated carbocycles. The van der Waals surface area contributed by atoms with E-state index in [1.165, 1.54) is 6.08 Å². The van der Waals surface area contributed by atoms with Crippen molar-refractivity contribution < 1.29 is 19.1 Å². The van der Waals surface area contributed by atoms with Crippen LogP contribution >= 0.6 is 0 Å². The van der Waals surface area contributed by atoms with Crippen molar-refractivity contribution in [2.45, 2.75) is 13.3 Å². The molecule has 6 nitrogen and oxygen atoms in total. The standard InChI is InChI=1S/C19H18N2O4/c1-2-13-3-7-15(8-4-13)19(23)21-20-18(22)10-6-14-5-9-16-17(11-14)25-12-24-16/h3-11H,2,12H2,1H3,(H,20,22)(H,21,23)/b10-6+. The molecule has 0 unspecified atom stereocenters. The van der Waals surface area contributed by atoms with Gasteiger partial charge in [0.2, 0.25) is 6.79 Å². The van der Waals surface area contributed by atoms with Crippen LogP contribution in [-0.4, -0.2) is 18.6 Å². The highest BCUT2D eigenvalue weighted by atomic mass is 16.7. The first-order chi connectivity index (χ1) is 12.2. The molecule has 1 heterocycles. The van der Waals surface area contributed by atoms with Gasteiger partial charge in [-0.15, -0.1) is 0 Å². The number of fused-ring (bicyclic) bond motifs is 1. The lowest BCUT2D eigenvalue weighted by molar-refractivity contribution is -0.117. The average molecular weight is 338 g/mol. The van der Waals surface area contributed by atoms with E-state index < -0.39 is 5.91 Å². The molecule has 1 aliphatic rings. The second kappa shape index (κ2) is 7.53. The van der Waals surface area contributed by atoms with Crippen LogP contribution in [0.25, 0.3) is 6.08 Å². The van der Waals surface area contributed by atoms with Crippen molar-refractivity contribution in [2.75, 3.05) is 6.79 Å². The summed E-state index contributed by atoms with van der Waals surface area (Å²) in [6.07, 6.45) is 3.86. The summed E-state index contributed by atoms with van der Waals surface area (Å²) in [6, 6.07) is 12.6. The molecule has 0 saturated heterocycles. The van der Waals surface area contributed by atoms with Crippen molar-refractivity contribution >= 4 is 17.9 Å². The van der Waals surface area contributed by atoms with Crippen LogP contribution in [0.4, 0.5) is 0 Å². The average Bonchev–Trinajstić information content (AvgIpc) is 3.12. The van der Waals surface area contributed by atoms with Crippen molar-refractivity contribution in [3.05, 3.63) is 65.2 Å². The van der Waals surface area contributed by atoms with Gasteiger partial charge >= 0.3 is 0 Å². The summed E-state index contributed by atoms with van der Waals surface area (Å²) < 4.78 is 10.5. The summed E-state index contributed by atoms with van der Waals surface area (Å²) >= 11 is 0. The van der Waals surface area contributed by atoms with E-state index in [0.29, 0.717) is 17.1 Å². The summed E-state index contributed by atoms with van der Waals surface area (Å²) in [6.45, 7) is 2.25. The summed E-state index contributed by atoms with van der Waals surface area (Å²) in [5.41, 5.74) is 7.15. The number of nitrogens with one attached hydrogen (secondary N) is 2. The molecule has 0 fully saturated rings. The third-order valence-electron chi connectivity index (χ3n) is 3.75. The number of carbonyl (C=O) groups is 2. The Labute approximate surface area is 145 Å². The second-order valence-electron chi connectivity index (χ2n) is 5.44. The van der Waals surface area contributed by atoms with Crippen molar-refractivity contribution in [1.29, 1.82) is 0 Å². The van der Waals surface area contributed by atoms with E-state index in [1.54, 1.807) is 30.3 Å². The number of amides is 2. The predicted octanol–water partition coefficient (Wildman–Crippen LogP) is 2.45. The van der Waals surface area contributed by atoms with Gasteiger partial charge in [-0.05, 0) is 47.9 Å². The Morgan fingerprint density at radius 3 is 2.56 bits per heavy atom. The summed E-state index contributed by atoms with van der Waals surface area (Å²) in [5, 5.41) is 0. The van der Waals surface area contributed by atoms with Gasteiger partial charge in [0.15, 0.2) is 11.5 Å². The summed E-state index contributed by atoms with van der Waals surface area (Å²) in [5.74, 6) is 0.526. The molecule has 25 heavy (non-hydrogen) atoms. The quantitative estimate of drug-likeness (QED) is 0.663. The van der Waals surface area contributed by atoms with Crippen LogP contribution in [0.1, 0.15) is 28.4 Å². The van der Waals surface area contributed by atoms with Crippen molar-refractivity contribution in [3.8, 4) is 11.5 Å². The minimum absolute atomic E-state index is 0.203. The third-order valence-corrected chi connectivity index (χ3v) is 3.75. The zero-order chi connectivity index (χ0) is 17.6. The number of carbonyl (C=O) groups excluding carboxylic acids is 2. The number of hydrogen-bond donors (Lipinski definition) is 2. The van der Waals surface area contributed by atoms with Gasteiger partial charge in [0.1, 0.15) is 0 Å². The number of hydrazine groups is 1. The molecule has 0 aliphatic carbocycles. The SMILES string of the molecule is CCc1ccc(C(=O)NNC(=O)/C=C/c2ccc3c(c2)OCO3)cc1. The maximum atomic E-state index is 12.0. The van der Waals surface area contributed by atoms with Crippen LogP contribution in [0.3, 0.4) is 0 Å². The minimum Gasteiger partial charge on any atom is -0.454 e. The molecule has 2 N–H and O–H groups in total. The fourth-order valence-corrected chi connectivity index (χ4v) is 2.31. The highest BCUT2D eigenvalue weighted by Gasteiger charge is 2.12. The molecular formula is C19H18N2O4. The molecular weight excluding hydrogens is 320 g/mol. The van der Waals surface area contributed by atoms with Crippen molar-refractivity contribution in [1.82, 2.24) is 10.9 Å². The highest BCUT2D eigenvalue weighted by molar-refractivity contribution is 5.97. The van der Waals surface area contributed by atoms with E-state index in [0.717, 1.165) is 17.5 Å². The fraction of sp³-hybridized carbons (Fsp3) is 0.158. The van der Waals surface area contributed by atoms with E-state index in [4.69, 9.17) is 9.47 Å². The smallest absolute Gasteiger partial charge is 0.269 e. The third kappa shape index (κ3) is 4.17. The molecule has 0 bridgehead atoms. The van der Waals surface area contributed by atoms with E-state index >= 15 is 0 Å². The zero-order valence-corrected chi connectivity index (χ0v) is 13.7. The van der Waals surface area contributed by atoms with Crippen LogP contribution < -0.4 is 20.3 Å². The number of ether oxygens (including phenoxy) is 2. The van der Waals surface area contributed by atoms with E-state index in [-0.39, 0.29) is 12.7 Å². The molecule has 0 radical (unpaired) electrons. The molecule has 2 amide bonds. The Bertz CT molecular complexity index is 813. The van der Waals surface area contributed by atoms with Gasteiger partial charge in [-0.2, -0.15) is 0 Å². The van der Waals surface area contributed by atoms with E-state index in [9.17, 15) is 9.59 Å². The van der Waals surface area contributed by atoms with Gasteiger partial charge in [0.25, 0.3) is 11.8 Å². The van der Waals surface area contributed by atoms with E-state index in [2.05, 4.69) is 10.9 Å². The fourth-order valence-electron chi connectivity index (χ4n) is 2.31. The molecule has 1 aliphatic heterocycles. The minimum atomic E-state index is -0.434. The Hall–Kier alpha value is -3.28. The zero-order valence-electron chi connectivity index (χ0n) is 13.7. The Morgan fingerprint density at radius 2 is 1.80 bits per heavy atom. The molecule has 0 atom stereocenters. The van der Waals surface area contributed by atoms with Gasteiger partial charge in [-0.1, -0.05) is 25.1 Å². The lowest BCUT2D eigenvalue weighted by Crippen LogP contribution is -2.40. The topological polar surface area (TPSA) is 76.7 Å². The molecule has 3 rings (SSSR count). The Kier molecular flexibility index (Phi) is 4.99. The maximum Gasteiger partial charge on any atom is 0.269 e. The Morgan fingerprint density at radius 1 is 1.04 bits per heavy atom. The summed E-state index contributed by atoms with van der Waals surface area (Å²) in [7, 11) is 0. The second-order valence-corrected chi connectivity index (χ2v) is 5.44. The Balaban J connectivity index is 1.52. The van der Waals surface area contributed by atoms with Crippen LogP contribution in [0.2, 0.25) is 0 Å². The first kappa shape index (κ1) is 16.6. The van der Waals surface area contributed by atoms with E-state index in [1.807, 2.05) is 25.1 Å². The van der Waals surface area contributed by atoms with Crippen LogP contribution in [-0.2, 0) is 11.2 Å². The predicted molar refractivity (Wildman–Crippen MR) is 93.0 cm³/mol. The van der Waals surface area contributed by atoms with Crippen LogP contribution in [0.5, 0.6) is 11.5 Å². The molecule has 0 aromatic heterocycles. The number of aryl methyl sites for hydroxylation is 1. The van der Waals surface area contributed by atoms with Gasteiger partial charge in [0.05, 0.1) is 0 Å². The van der Waals surface area contributed by atoms with Gasteiger partial charge in [0, 0.05) is 11.6 Å². The van der Waals surface area contributed by atoms with Crippen molar-refractivity contribution in [3.63, 3.8) is 0 Å². The lowest BCUT2D eigenvalue weighted by Gasteiger charge is -2.06. The first-order valence-corrected chi connectivity index (χ1v) is 7.92. The monoisotopic (exact) mass is 338 g/mol. The van der Waals surface area contributed by atoms with Crippen LogP contribution in [0.15, 0.2) is 48.5 Å². The highest BCUT2D eigenvalue weighted by Crippen LogP contribution is 2.32. The lowest BCUT2D eigenvalue weighted by atomic mass is 10.1. The largest absolute Gasteiger partial charge is 0.454 e. The van der Waals surface area contributed by atoms with Crippen molar-refractivity contribution in [2.24, 2.45) is 0 Å². The molecule has 128 valence electrons. The molecule has 0 spiro atoms. The first-order valence-electron chi connectivity index (χ1n) is 7.92. The van der Waals surface area contributed by atoms with Gasteiger partial charge < -0.3 is 9.47 Å². The normalized spacial score (nSPS) is 12.2. The number of rotatable bonds is 4. The van der Waals surface area contributed by atoms with Gasteiger partial charge in [-0.3, -0.25) is 20.4 Å². The van der Waals surface area contributed by atoms with Crippen LogP contribution in [0, 0.1) is 0 Å². The molecule has 2 aromatic rings. The number of hydrogen-bond acceptors (Lipinski definition) is 4. The van der Waals surface area contributed by atoms with Gasteiger partial charge in [-0.25, -0.2) is 0 Å². The maximum absolute atomic E-state index is 12.0. The molecule has 2 aromatic carbocycles. The molecule has 6 heteroatoms. The summed E-state index contributed by atoms with van der Waals surface area (Å²) in [4.78, 5) is 23.8. The number of benzene rings is 2.